The molecule has 0 aliphatic carbocycles. The number of aromatic nitrogens is 3. The summed E-state index contributed by atoms with van der Waals surface area (Å²) in [5, 5.41) is 3.17. The molecule has 2 aromatic heterocycles. The molecule has 150 valence electrons. The van der Waals surface area contributed by atoms with E-state index in [0.29, 0.717) is 5.52 Å². The molecule has 0 radical (unpaired) electrons. The number of hydrogen-bond donors (Lipinski definition) is 2. The molecule has 0 amide bonds. The first-order chi connectivity index (χ1) is 13.6. The lowest BCUT2D eigenvalue weighted by Gasteiger charge is -2.08. The van der Waals surface area contributed by atoms with Crippen LogP contribution in [0.3, 0.4) is 0 Å². The second-order valence-electron chi connectivity index (χ2n) is 5.92. The third-order valence-corrected chi connectivity index (χ3v) is 5.38. The molecule has 0 aliphatic rings. The van der Waals surface area contributed by atoms with E-state index in [-0.39, 0.29) is 27.4 Å². The van der Waals surface area contributed by atoms with Crippen molar-refractivity contribution in [2.45, 2.75) is 11.1 Å². The summed E-state index contributed by atoms with van der Waals surface area (Å²) < 4.78 is 83.4. The summed E-state index contributed by atoms with van der Waals surface area (Å²) in [5.74, 6) is -2.49. The minimum Gasteiger partial charge on any atom is -0.360 e. The van der Waals surface area contributed by atoms with Crippen molar-refractivity contribution < 1.29 is 30.5 Å². The van der Waals surface area contributed by atoms with E-state index in [4.69, 9.17) is 0 Å². The van der Waals surface area contributed by atoms with Gasteiger partial charge >= 0.3 is 12.1 Å². The lowest BCUT2D eigenvalue weighted by molar-refractivity contribution is -0.159. The second kappa shape index (κ2) is 6.58. The molecule has 0 unspecified atom stereocenters. The molecule has 7 nitrogen and oxygen atoms in total. The first-order valence-electron chi connectivity index (χ1n) is 7.95. The quantitative estimate of drug-likeness (QED) is 0.477. The van der Waals surface area contributed by atoms with Gasteiger partial charge in [0.05, 0.1) is 5.39 Å². The van der Waals surface area contributed by atoms with Crippen LogP contribution in [0.25, 0.3) is 22.3 Å². The minimum absolute atomic E-state index is 0.0805. The van der Waals surface area contributed by atoms with Crippen LogP contribution in [-0.2, 0) is 16.2 Å². The van der Waals surface area contributed by atoms with Gasteiger partial charge in [0.2, 0.25) is 5.82 Å². The average molecular weight is 426 g/mol. The highest BCUT2D eigenvalue weighted by molar-refractivity contribution is 7.93. The molecular formula is C17H10F4N4O3S. The fourth-order valence-corrected chi connectivity index (χ4v) is 3.92. The Balaban J connectivity index is 1.60. The minimum atomic E-state index is -4.77. The van der Waals surface area contributed by atoms with Crippen molar-refractivity contribution >= 4 is 26.6 Å². The summed E-state index contributed by atoms with van der Waals surface area (Å²) in [4.78, 5) is 5.67. The fraction of sp³-hybridized carbons (Fsp3) is 0.0588. The summed E-state index contributed by atoms with van der Waals surface area (Å²) >= 11 is 0. The zero-order valence-electron chi connectivity index (χ0n) is 14.2. The smallest absolute Gasteiger partial charge is 0.360 e. The van der Waals surface area contributed by atoms with Crippen molar-refractivity contribution in [3.05, 3.63) is 60.4 Å². The van der Waals surface area contributed by atoms with Crippen LogP contribution < -0.4 is 4.72 Å². The average Bonchev–Trinajstić information content (AvgIpc) is 3.30. The molecule has 0 atom stereocenters. The molecule has 0 bridgehead atoms. The van der Waals surface area contributed by atoms with E-state index in [1.807, 2.05) is 0 Å². The molecule has 0 fully saturated rings. The number of alkyl halides is 3. The summed E-state index contributed by atoms with van der Waals surface area (Å²) in [5.41, 5.74) is 0.614. The zero-order valence-corrected chi connectivity index (χ0v) is 15.0. The molecular weight excluding hydrogens is 416 g/mol. The van der Waals surface area contributed by atoms with Crippen LogP contribution >= 0.6 is 0 Å². The molecule has 29 heavy (non-hydrogen) atoms. The maximum Gasteiger partial charge on any atom is 0.471 e. The number of benzene rings is 2. The van der Waals surface area contributed by atoms with E-state index in [1.165, 1.54) is 42.6 Å². The van der Waals surface area contributed by atoms with Crippen LogP contribution in [0.2, 0.25) is 0 Å². The number of anilines is 1. The van der Waals surface area contributed by atoms with Gasteiger partial charge in [-0.2, -0.15) is 18.2 Å². The maximum absolute atomic E-state index is 14.1. The lowest BCUT2D eigenvalue weighted by atomic mass is 10.2. The van der Waals surface area contributed by atoms with Crippen molar-refractivity contribution in [1.29, 1.82) is 0 Å². The second-order valence-corrected chi connectivity index (χ2v) is 7.57. The number of aromatic amines is 1. The van der Waals surface area contributed by atoms with Crippen LogP contribution in [0.4, 0.5) is 23.2 Å². The van der Waals surface area contributed by atoms with Crippen molar-refractivity contribution in [2.75, 3.05) is 4.72 Å². The predicted octanol–water partition coefficient (Wildman–Crippen LogP) is 4.18. The molecule has 0 spiro atoms. The molecule has 0 saturated carbocycles. The van der Waals surface area contributed by atoms with Gasteiger partial charge in [0.15, 0.2) is 0 Å². The van der Waals surface area contributed by atoms with E-state index < -0.39 is 27.9 Å². The van der Waals surface area contributed by atoms with Crippen LogP contribution in [-0.4, -0.2) is 23.5 Å². The standard InChI is InChI=1S/C17H10F4N4O3S/c18-11-2-1-3-12-14(11)13(8-22-12)29(26,27)25-10-6-4-9(5-7-10)15-23-16(28-24-15)17(19,20)21/h1-8,22,25H. The third kappa shape index (κ3) is 3.53. The Morgan fingerprint density at radius 3 is 2.45 bits per heavy atom. The van der Waals surface area contributed by atoms with Gasteiger partial charge in [-0.05, 0) is 36.4 Å². The van der Waals surface area contributed by atoms with Crippen LogP contribution in [0, 0.1) is 5.82 Å². The van der Waals surface area contributed by atoms with Crippen molar-refractivity contribution in [3.8, 4) is 11.4 Å². The normalized spacial score (nSPS) is 12.4. The van der Waals surface area contributed by atoms with Gasteiger partial charge in [-0.15, -0.1) is 0 Å². The van der Waals surface area contributed by atoms with Crippen molar-refractivity contribution in [2.24, 2.45) is 0 Å². The topological polar surface area (TPSA) is 101 Å². The molecule has 2 heterocycles. The largest absolute Gasteiger partial charge is 0.471 e. The number of hydrogen-bond acceptors (Lipinski definition) is 5. The SMILES string of the molecule is O=S(=O)(Nc1ccc(-c2noc(C(F)(F)F)n2)cc1)c1c[nH]c2cccc(F)c12. The molecule has 2 aromatic carbocycles. The van der Waals surface area contributed by atoms with Gasteiger partial charge in [-0.25, -0.2) is 12.8 Å². The predicted molar refractivity (Wildman–Crippen MR) is 93.8 cm³/mol. The van der Waals surface area contributed by atoms with Crippen molar-refractivity contribution in [3.63, 3.8) is 0 Å². The Morgan fingerprint density at radius 2 is 1.79 bits per heavy atom. The number of rotatable bonds is 4. The highest BCUT2D eigenvalue weighted by atomic mass is 32.2. The van der Waals surface area contributed by atoms with E-state index in [9.17, 15) is 26.0 Å². The Bertz CT molecular complexity index is 1290. The van der Waals surface area contributed by atoms with Gasteiger partial charge in [0.1, 0.15) is 10.7 Å². The van der Waals surface area contributed by atoms with E-state index in [1.54, 1.807) is 0 Å². The Labute approximate surface area is 160 Å². The van der Waals surface area contributed by atoms with E-state index in [0.717, 1.165) is 6.07 Å². The summed E-state index contributed by atoms with van der Waals surface area (Å²) in [6.07, 6.45) is -3.60. The number of nitrogens with one attached hydrogen (secondary N) is 2. The number of nitrogens with zero attached hydrogens (tertiary/aromatic N) is 2. The van der Waals surface area contributed by atoms with Crippen LogP contribution in [0.5, 0.6) is 0 Å². The van der Waals surface area contributed by atoms with Gasteiger partial charge in [0, 0.05) is 23.0 Å². The highest BCUT2D eigenvalue weighted by Gasteiger charge is 2.38. The molecule has 4 aromatic rings. The monoisotopic (exact) mass is 426 g/mol. The van der Waals surface area contributed by atoms with Crippen LogP contribution in [0.15, 0.2) is 58.1 Å². The van der Waals surface area contributed by atoms with E-state index in [2.05, 4.69) is 24.4 Å². The Hall–Kier alpha value is -3.41. The molecule has 4 rings (SSSR count). The maximum atomic E-state index is 14.1. The summed E-state index contributed by atoms with van der Waals surface area (Å²) in [6, 6.07) is 9.37. The fourth-order valence-electron chi connectivity index (χ4n) is 2.68. The Morgan fingerprint density at radius 1 is 1.07 bits per heavy atom. The zero-order chi connectivity index (χ0) is 20.8. The third-order valence-electron chi connectivity index (χ3n) is 3.97. The molecule has 0 aliphatic heterocycles. The van der Waals surface area contributed by atoms with Gasteiger partial charge < -0.3 is 9.51 Å². The number of H-pyrrole nitrogens is 1. The van der Waals surface area contributed by atoms with Gasteiger partial charge in [0.25, 0.3) is 10.0 Å². The molecule has 12 heteroatoms. The van der Waals surface area contributed by atoms with Crippen molar-refractivity contribution in [1.82, 2.24) is 15.1 Å². The van der Waals surface area contributed by atoms with Gasteiger partial charge in [-0.1, -0.05) is 11.2 Å². The Kier molecular flexibility index (Phi) is 4.30. The summed E-state index contributed by atoms with van der Waals surface area (Å²) in [7, 11) is -4.13. The first-order valence-corrected chi connectivity index (χ1v) is 9.43. The highest BCUT2D eigenvalue weighted by Crippen LogP contribution is 2.30. The number of fused-ring (bicyclic) bond motifs is 1. The molecule has 0 saturated heterocycles. The van der Waals surface area contributed by atoms with Gasteiger partial charge in [-0.3, -0.25) is 4.72 Å². The molecule has 2 N–H and O–H groups in total. The number of halogens is 4. The lowest BCUT2D eigenvalue weighted by Crippen LogP contribution is -2.12. The first kappa shape index (κ1) is 18.9. The van der Waals surface area contributed by atoms with Crippen LogP contribution in [0.1, 0.15) is 5.89 Å². The number of sulfonamides is 1. The van der Waals surface area contributed by atoms with E-state index >= 15 is 0 Å². The summed E-state index contributed by atoms with van der Waals surface area (Å²) in [6.45, 7) is 0.